The number of hydrogen-bond donors (Lipinski definition) is 1. The van der Waals surface area contributed by atoms with Crippen LogP contribution in [0.1, 0.15) is 32.6 Å². The van der Waals surface area contributed by atoms with Gasteiger partial charge in [0.25, 0.3) is 0 Å². The number of aryl methyl sites for hydroxylation is 1. The Hall–Kier alpha value is -1.50. The van der Waals surface area contributed by atoms with Crippen LogP contribution in [0.2, 0.25) is 10.0 Å². The SMILES string of the molecule is CCCCCCn1c(Sc2cc(Cl)cc(Cl)c2)nc2c(N)ncnc21. The van der Waals surface area contributed by atoms with Gasteiger partial charge in [0.15, 0.2) is 22.1 Å². The lowest BCUT2D eigenvalue weighted by Crippen LogP contribution is -2.02. The van der Waals surface area contributed by atoms with Crippen molar-refractivity contribution in [1.29, 1.82) is 0 Å². The summed E-state index contributed by atoms with van der Waals surface area (Å²) in [6, 6.07) is 5.45. The number of anilines is 1. The van der Waals surface area contributed by atoms with Gasteiger partial charge in [-0.05, 0) is 24.6 Å². The molecular weight excluding hydrogens is 377 g/mol. The maximum atomic E-state index is 6.11. The lowest BCUT2D eigenvalue weighted by Gasteiger charge is -2.08. The van der Waals surface area contributed by atoms with Crippen molar-refractivity contribution in [2.45, 2.75) is 49.2 Å². The van der Waals surface area contributed by atoms with Gasteiger partial charge in [0.05, 0.1) is 0 Å². The van der Waals surface area contributed by atoms with Crippen LogP contribution in [0.3, 0.4) is 0 Å². The smallest absolute Gasteiger partial charge is 0.175 e. The van der Waals surface area contributed by atoms with Gasteiger partial charge in [-0.3, -0.25) is 0 Å². The first-order valence-corrected chi connectivity index (χ1v) is 9.76. The van der Waals surface area contributed by atoms with Crippen molar-refractivity contribution < 1.29 is 0 Å². The normalized spacial score (nSPS) is 11.3. The Morgan fingerprint density at radius 3 is 2.56 bits per heavy atom. The number of nitrogens with two attached hydrogens (primary N) is 1. The molecule has 0 aliphatic heterocycles. The van der Waals surface area contributed by atoms with E-state index < -0.39 is 0 Å². The molecule has 0 spiro atoms. The number of imidazole rings is 1. The molecule has 1 aromatic carbocycles. The summed E-state index contributed by atoms with van der Waals surface area (Å²) in [6.45, 7) is 3.04. The van der Waals surface area contributed by atoms with Crippen LogP contribution in [0.25, 0.3) is 11.2 Å². The minimum atomic E-state index is 0.392. The number of fused-ring (bicyclic) bond motifs is 1. The van der Waals surface area contributed by atoms with Crippen molar-refractivity contribution in [3.05, 3.63) is 34.6 Å². The molecule has 3 aromatic rings. The molecule has 0 aliphatic carbocycles. The minimum Gasteiger partial charge on any atom is -0.382 e. The molecule has 2 heterocycles. The number of unbranched alkanes of at least 4 members (excludes halogenated alkanes) is 3. The van der Waals surface area contributed by atoms with E-state index in [0.29, 0.717) is 21.4 Å². The largest absolute Gasteiger partial charge is 0.382 e. The van der Waals surface area contributed by atoms with Crippen LogP contribution < -0.4 is 5.73 Å². The van der Waals surface area contributed by atoms with Gasteiger partial charge in [-0.25, -0.2) is 15.0 Å². The van der Waals surface area contributed by atoms with Crippen LogP contribution in [0.4, 0.5) is 5.82 Å². The molecule has 8 heteroatoms. The van der Waals surface area contributed by atoms with Gasteiger partial charge in [-0.2, -0.15) is 0 Å². The fraction of sp³-hybridized carbons (Fsp3) is 0.353. The van der Waals surface area contributed by atoms with Crippen LogP contribution in [0.15, 0.2) is 34.6 Å². The second-order valence-electron chi connectivity index (χ2n) is 5.75. The molecule has 0 saturated heterocycles. The predicted molar refractivity (Wildman–Crippen MR) is 104 cm³/mol. The Kier molecular flexibility index (Phi) is 6.04. The average molecular weight is 396 g/mol. The van der Waals surface area contributed by atoms with Gasteiger partial charge in [0.1, 0.15) is 6.33 Å². The third kappa shape index (κ3) is 4.37. The highest BCUT2D eigenvalue weighted by Gasteiger charge is 2.16. The zero-order valence-electron chi connectivity index (χ0n) is 13.9. The number of nitrogen functional groups attached to an aromatic ring is 1. The number of aromatic nitrogens is 4. The summed E-state index contributed by atoms with van der Waals surface area (Å²) in [7, 11) is 0. The quantitative estimate of drug-likeness (QED) is 0.538. The molecule has 0 atom stereocenters. The number of halogens is 2. The Balaban J connectivity index is 1.96. The molecule has 0 saturated carbocycles. The summed E-state index contributed by atoms with van der Waals surface area (Å²) in [5, 5.41) is 2.01. The summed E-state index contributed by atoms with van der Waals surface area (Å²) in [5.41, 5.74) is 7.37. The standard InChI is InChI=1S/C17H19Cl2N5S/c1-2-3-4-5-6-24-16-14(15(20)21-10-22-16)23-17(24)25-13-8-11(18)7-12(19)9-13/h7-10H,2-6H2,1H3,(H2,20,21,22). The van der Waals surface area contributed by atoms with E-state index >= 15 is 0 Å². The van der Waals surface area contributed by atoms with Crippen molar-refractivity contribution in [2.75, 3.05) is 5.73 Å². The van der Waals surface area contributed by atoms with Crippen molar-refractivity contribution >= 4 is 51.9 Å². The van der Waals surface area contributed by atoms with E-state index in [1.54, 1.807) is 6.07 Å². The molecule has 5 nitrogen and oxygen atoms in total. The molecule has 0 radical (unpaired) electrons. The van der Waals surface area contributed by atoms with Crippen molar-refractivity contribution in [2.24, 2.45) is 0 Å². The molecule has 0 unspecified atom stereocenters. The van der Waals surface area contributed by atoms with Crippen LogP contribution >= 0.6 is 35.0 Å². The van der Waals surface area contributed by atoms with E-state index in [2.05, 4.69) is 26.4 Å². The Morgan fingerprint density at radius 2 is 1.84 bits per heavy atom. The van der Waals surface area contributed by atoms with Gasteiger partial charge < -0.3 is 10.3 Å². The molecule has 132 valence electrons. The molecule has 2 aromatic heterocycles. The number of benzene rings is 1. The van der Waals surface area contributed by atoms with E-state index in [0.717, 1.165) is 28.7 Å². The minimum absolute atomic E-state index is 0.392. The van der Waals surface area contributed by atoms with Crippen LogP contribution in [-0.2, 0) is 6.54 Å². The van der Waals surface area contributed by atoms with Gasteiger partial charge in [0.2, 0.25) is 0 Å². The van der Waals surface area contributed by atoms with E-state index in [1.807, 2.05) is 12.1 Å². The fourth-order valence-electron chi connectivity index (χ4n) is 2.60. The van der Waals surface area contributed by atoms with Crippen molar-refractivity contribution in [3.63, 3.8) is 0 Å². The van der Waals surface area contributed by atoms with E-state index in [4.69, 9.17) is 28.9 Å². The van der Waals surface area contributed by atoms with Crippen LogP contribution in [-0.4, -0.2) is 19.5 Å². The van der Waals surface area contributed by atoms with E-state index in [9.17, 15) is 0 Å². The fourth-order valence-corrected chi connectivity index (χ4v) is 4.27. The summed E-state index contributed by atoms with van der Waals surface area (Å²) in [4.78, 5) is 14.0. The van der Waals surface area contributed by atoms with E-state index in [-0.39, 0.29) is 0 Å². The zero-order chi connectivity index (χ0) is 17.8. The molecule has 0 fully saturated rings. The average Bonchev–Trinajstić information content (AvgIpc) is 2.90. The first-order chi connectivity index (χ1) is 12.1. The molecule has 0 bridgehead atoms. The second-order valence-corrected chi connectivity index (χ2v) is 7.66. The third-order valence-corrected chi connectivity index (χ3v) is 5.21. The van der Waals surface area contributed by atoms with Gasteiger partial charge in [0, 0.05) is 21.5 Å². The Bertz CT molecular complexity index is 861. The monoisotopic (exact) mass is 395 g/mol. The first-order valence-electron chi connectivity index (χ1n) is 8.19. The number of rotatable bonds is 7. The van der Waals surface area contributed by atoms with Crippen LogP contribution in [0, 0.1) is 0 Å². The molecule has 0 amide bonds. The number of hydrogen-bond acceptors (Lipinski definition) is 5. The second kappa shape index (κ2) is 8.25. The van der Waals surface area contributed by atoms with Crippen molar-refractivity contribution in [3.8, 4) is 0 Å². The predicted octanol–water partition coefficient (Wildman–Crippen LogP) is 5.45. The van der Waals surface area contributed by atoms with E-state index in [1.165, 1.54) is 37.4 Å². The molecule has 3 rings (SSSR count). The maximum Gasteiger partial charge on any atom is 0.175 e. The lowest BCUT2D eigenvalue weighted by molar-refractivity contribution is 0.561. The summed E-state index contributed by atoms with van der Waals surface area (Å²) in [5.74, 6) is 0.392. The maximum absolute atomic E-state index is 6.11. The van der Waals surface area contributed by atoms with Crippen LogP contribution in [0.5, 0.6) is 0 Å². The zero-order valence-corrected chi connectivity index (χ0v) is 16.2. The molecule has 2 N–H and O–H groups in total. The lowest BCUT2D eigenvalue weighted by atomic mass is 10.2. The highest BCUT2D eigenvalue weighted by atomic mass is 35.5. The Labute approximate surface area is 161 Å². The molecular formula is C17H19Cl2N5S. The Morgan fingerprint density at radius 1 is 1.08 bits per heavy atom. The number of nitrogens with zero attached hydrogens (tertiary/aromatic N) is 4. The topological polar surface area (TPSA) is 69.6 Å². The highest BCUT2D eigenvalue weighted by Crippen LogP contribution is 2.34. The third-order valence-electron chi connectivity index (χ3n) is 3.81. The van der Waals surface area contributed by atoms with Gasteiger partial charge in [-0.15, -0.1) is 0 Å². The van der Waals surface area contributed by atoms with Gasteiger partial charge in [-0.1, -0.05) is 61.1 Å². The summed E-state index contributed by atoms with van der Waals surface area (Å²) >= 11 is 13.7. The van der Waals surface area contributed by atoms with Crippen molar-refractivity contribution in [1.82, 2.24) is 19.5 Å². The first kappa shape index (κ1) is 18.3. The molecule has 25 heavy (non-hydrogen) atoms. The summed E-state index contributed by atoms with van der Waals surface area (Å²) in [6.07, 6.45) is 6.13. The molecule has 0 aliphatic rings. The summed E-state index contributed by atoms with van der Waals surface area (Å²) < 4.78 is 2.10. The van der Waals surface area contributed by atoms with Gasteiger partial charge >= 0.3 is 0 Å². The highest BCUT2D eigenvalue weighted by molar-refractivity contribution is 7.99.